The normalized spacial score (nSPS) is 20.1. The Morgan fingerprint density at radius 2 is 1.70 bits per heavy atom. The molecule has 3 heteroatoms. The highest BCUT2D eigenvalue weighted by Crippen LogP contribution is 2.10. The second-order valence-electron chi connectivity index (χ2n) is 2.58. The maximum absolute atomic E-state index is 9.16. The molecule has 0 bridgehead atoms. The summed E-state index contributed by atoms with van der Waals surface area (Å²) in [5.41, 5.74) is 0. The molecule has 0 aromatic carbocycles. The van der Waals surface area contributed by atoms with Crippen LogP contribution < -0.4 is 0 Å². The average Bonchev–Trinajstić information content (AvgIpc) is 2.00. The third-order valence-electron chi connectivity index (χ3n) is 1.82. The van der Waals surface area contributed by atoms with E-state index in [0.717, 1.165) is 0 Å². The first-order chi connectivity index (χ1) is 4.63. The Bertz CT molecular complexity index is 74.9. The Labute approximate surface area is 61.3 Å². The van der Waals surface area contributed by atoms with Crippen molar-refractivity contribution < 1.29 is 15.3 Å². The molecular formula is C7H16O3. The van der Waals surface area contributed by atoms with Gasteiger partial charge in [-0.05, 0) is 6.42 Å². The predicted octanol–water partition coefficient (Wildman–Crippen LogP) is -0.253. The van der Waals surface area contributed by atoms with Crippen molar-refractivity contribution in [2.75, 3.05) is 6.61 Å². The van der Waals surface area contributed by atoms with Crippen molar-refractivity contribution in [3.05, 3.63) is 0 Å². The third kappa shape index (κ3) is 2.64. The Balaban J connectivity index is 3.69. The maximum atomic E-state index is 9.16. The van der Waals surface area contributed by atoms with Crippen LogP contribution in [0.3, 0.4) is 0 Å². The van der Waals surface area contributed by atoms with Gasteiger partial charge in [0.2, 0.25) is 0 Å². The third-order valence-corrected chi connectivity index (χ3v) is 1.82. The summed E-state index contributed by atoms with van der Waals surface area (Å²) >= 11 is 0. The highest BCUT2D eigenvalue weighted by atomic mass is 16.3. The van der Waals surface area contributed by atoms with Gasteiger partial charge in [0, 0.05) is 5.92 Å². The van der Waals surface area contributed by atoms with Gasteiger partial charge in [0.1, 0.15) is 0 Å². The molecule has 3 atom stereocenters. The van der Waals surface area contributed by atoms with Gasteiger partial charge in [-0.3, -0.25) is 0 Å². The largest absolute Gasteiger partial charge is 0.394 e. The van der Waals surface area contributed by atoms with Crippen LogP contribution >= 0.6 is 0 Å². The molecule has 62 valence electrons. The van der Waals surface area contributed by atoms with Gasteiger partial charge in [0.25, 0.3) is 0 Å². The molecule has 0 saturated carbocycles. The van der Waals surface area contributed by atoms with E-state index in [9.17, 15) is 0 Å². The molecule has 0 radical (unpaired) electrons. The second-order valence-corrected chi connectivity index (χ2v) is 2.58. The van der Waals surface area contributed by atoms with E-state index in [2.05, 4.69) is 0 Å². The SMILES string of the molecule is CC[C@H](O)[C@H](C)[C@H](O)CO. The monoisotopic (exact) mass is 148 g/mol. The van der Waals surface area contributed by atoms with E-state index >= 15 is 0 Å². The summed E-state index contributed by atoms with van der Waals surface area (Å²) in [5, 5.41) is 26.7. The molecule has 0 unspecified atom stereocenters. The van der Waals surface area contributed by atoms with Crippen LogP contribution in [0.1, 0.15) is 20.3 Å². The molecule has 0 aliphatic rings. The van der Waals surface area contributed by atoms with Crippen LogP contribution in [0.4, 0.5) is 0 Å². The van der Waals surface area contributed by atoms with Crippen LogP contribution in [0.2, 0.25) is 0 Å². The Kier molecular flexibility index (Phi) is 4.60. The molecule has 3 nitrogen and oxygen atoms in total. The number of aliphatic hydroxyl groups excluding tert-OH is 3. The van der Waals surface area contributed by atoms with Crippen LogP contribution in [0, 0.1) is 5.92 Å². The van der Waals surface area contributed by atoms with Crippen LogP contribution in [0.25, 0.3) is 0 Å². The smallest absolute Gasteiger partial charge is 0.0820 e. The minimum atomic E-state index is -0.796. The second kappa shape index (κ2) is 4.66. The van der Waals surface area contributed by atoms with E-state index in [1.54, 1.807) is 6.92 Å². The van der Waals surface area contributed by atoms with Crippen molar-refractivity contribution in [2.45, 2.75) is 32.5 Å². The molecule has 0 spiro atoms. The van der Waals surface area contributed by atoms with Crippen molar-refractivity contribution in [3.8, 4) is 0 Å². The molecule has 0 saturated heterocycles. The molecule has 0 aromatic heterocycles. The summed E-state index contributed by atoms with van der Waals surface area (Å²) in [6.07, 6.45) is -0.699. The predicted molar refractivity (Wildman–Crippen MR) is 38.6 cm³/mol. The number of hydrogen-bond donors (Lipinski definition) is 3. The van der Waals surface area contributed by atoms with Crippen molar-refractivity contribution in [1.29, 1.82) is 0 Å². The van der Waals surface area contributed by atoms with Gasteiger partial charge in [0.05, 0.1) is 18.8 Å². The fourth-order valence-electron chi connectivity index (χ4n) is 0.794. The lowest BCUT2D eigenvalue weighted by Crippen LogP contribution is -2.31. The minimum Gasteiger partial charge on any atom is -0.394 e. The van der Waals surface area contributed by atoms with E-state index in [1.807, 2.05) is 6.92 Å². The van der Waals surface area contributed by atoms with Crippen LogP contribution in [0.5, 0.6) is 0 Å². The molecule has 0 fully saturated rings. The first-order valence-corrected chi connectivity index (χ1v) is 3.60. The number of rotatable bonds is 4. The summed E-state index contributed by atoms with van der Waals surface area (Å²) in [6, 6.07) is 0. The highest BCUT2D eigenvalue weighted by Gasteiger charge is 2.19. The fraction of sp³-hybridized carbons (Fsp3) is 1.00. The van der Waals surface area contributed by atoms with Gasteiger partial charge in [-0.2, -0.15) is 0 Å². The zero-order valence-corrected chi connectivity index (χ0v) is 6.49. The van der Waals surface area contributed by atoms with Crippen LogP contribution in [-0.4, -0.2) is 34.1 Å². The molecule has 3 N–H and O–H groups in total. The van der Waals surface area contributed by atoms with E-state index in [-0.39, 0.29) is 12.5 Å². The zero-order chi connectivity index (χ0) is 8.15. The lowest BCUT2D eigenvalue weighted by molar-refractivity contribution is -0.00893. The van der Waals surface area contributed by atoms with Gasteiger partial charge in [0.15, 0.2) is 0 Å². The summed E-state index contributed by atoms with van der Waals surface area (Å²) in [7, 11) is 0. The van der Waals surface area contributed by atoms with Gasteiger partial charge >= 0.3 is 0 Å². The average molecular weight is 148 g/mol. The highest BCUT2D eigenvalue weighted by molar-refractivity contribution is 4.69. The molecular weight excluding hydrogens is 132 g/mol. The minimum absolute atomic E-state index is 0.241. The van der Waals surface area contributed by atoms with Crippen LogP contribution in [0.15, 0.2) is 0 Å². The van der Waals surface area contributed by atoms with Gasteiger partial charge in [-0.25, -0.2) is 0 Å². The summed E-state index contributed by atoms with van der Waals surface area (Å²) in [5.74, 6) is -0.241. The van der Waals surface area contributed by atoms with Crippen molar-refractivity contribution in [3.63, 3.8) is 0 Å². The molecule has 0 amide bonds. The van der Waals surface area contributed by atoms with E-state index in [1.165, 1.54) is 0 Å². The van der Waals surface area contributed by atoms with Crippen molar-refractivity contribution in [1.82, 2.24) is 0 Å². The number of aliphatic hydroxyl groups is 3. The van der Waals surface area contributed by atoms with Crippen molar-refractivity contribution >= 4 is 0 Å². The molecule has 0 aliphatic carbocycles. The molecule has 10 heavy (non-hydrogen) atoms. The Morgan fingerprint density at radius 3 is 2.00 bits per heavy atom. The van der Waals surface area contributed by atoms with Gasteiger partial charge in [-0.1, -0.05) is 13.8 Å². The van der Waals surface area contributed by atoms with E-state index in [0.29, 0.717) is 6.42 Å². The Hall–Kier alpha value is -0.120. The Morgan fingerprint density at radius 1 is 1.20 bits per heavy atom. The van der Waals surface area contributed by atoms with Gasteiger partial charge < -0.3 is 15.3 Å². The summed E-state index contributed by atoms with van der Waals surface area (Å²) in [4.78, 5) is 0. The van der Waals surface area contributed by atoms with E-state index in [4.69, 9.17) is 15.3 Å². The molecule has 0 aliphatic heterocycles. The quantitative estimate of drug-likeness (QED) is 0.515. The van der Waals surface area contributed by atoms with Crippen LogP contribution in [-0.2, 0) is 0 Å². The maximum Gasteiger partial charge on any atom is 0.0820 e. The molecule has 0 heterocycles. The first kappa shape index (κ1) is 9.88. The van der Waals surface area contributed by atoms with Crippen molar-refractivity contribution in [2.24, 2.45) is 5.92 Å². The summed E-state index contributed by atoms with van der Waals surface area (Å²) < 4.78 is 0. The lowest BCUT2D eigenvalue weighted by Gasteiger charge is -2.20. The van der Waals surface area contributed by atoms with E-state index < -0.39 is 12.2 Å². The molecule has 0 aromatic rings. The first-order valence-electron chi connectivity index (χ1n) is 3.60. The van der Waals surface area contributed by atoms with Gasteiger partial charge in [-0.15, -0.1) is 0 Å². The topological polar surface area (TPSA) is 60.7 Å². The number of hydrogen-bond acceptors (Lipinski definition) is 3. The molecule has 0 rings (SSSR count). The zero-order valence-electron chi connectivity index (χ0n) is 6.49. The fourth-order valence-corrected chi connectivity index (χ4v) is 0.794. The summed E-state index contributed by atoms with van der Waals surface area (Å²) in [6.45, 7) is 3.28. The lowest BCUT2D eigenvalue weighted by atomic mass is 9.97. The standard InChI is InChI=1S/C7H16O3/c1-3-6(9)5(2)7(10)4-8/h5-10H,3-4H2,1-2H3/t5-,6-,7+/m0/s1.